The fourth-order valence-electron chi connectivity index (χ4n) is 3.61. The van der Waals surface area contributed by atoms with Crippen LogP contribution in [0.2, 0.25) is 0 Å². The second-order valence-corrected chi connectivity index (χ2v) is 6.59. The first-order chi connectivity index (χ1) is 12.1. The van der Waals surface area contributed by atoms with Crippen LogP contribution in [-0.4, -0.2) is 54.1 Å². The van der Waals surface area contributed by atoms with Gasteiger partial charge >= 0.3 is 5.97 Å². The van der Waals surface area contributed by atoms with Crippen molar-refractivity contribution >= 4 is 22.8 Å². The van der Waals surface area contributed by atoms with E-state index in [9.17, 15) is 9.59 Å². The van der Waals surface area contributed by atoms with Crippen molar-refractivity contribution in [3.63, 3.8) is 0 Å². The molecule has 134 valence electrons. The van der Waals surface area contributed by atoms with Crippen LogP contribution in [0.3, 0.4) is 0 Å². The van der Waals surface area contributed by atoms with E-state index in [1.165, 1.54) is 7.11 Å². The lowest BCUT2D eigenvalue weighted by atomic mass is 10.2. The minimum Gasteiger partial charge on any atom is -0.465 e. The second kappa shape index (κ2) is 7.70. The summed E-state index contributed by atoms with van der Waals surface area (Å²) in [6.45, 7) is 5.33. The van der Waals surface area contributed by atoms with Gasteiger partial charge < -0.3 is 19.5 Å². The number of rotatable bonds is 6. The smallest absolute Gasteiger partial charge is 0.340 e. The molecule has 1 aliphatic heterocycles. The van der Waals surface area contributed by atoms with Gasteiger partial charge in [0, 0.05) is 49.7 Å². The van der Waals surface area contributed by atoms with Crippen molar-refractivity contribution < 1.29 is 14.3 Å². The maximum atomic E-state index is 12.0. The Balaban J connectivity index is 1.61. The number of amides is 1. The minimum atomic E-state index is -0.298. The predicted molar refractivity (Wildman–Crippen MR) is 96.6 cm³/mol. The molecule has 1 amide bonds. The van der Waals surface area contributed by atoms with Crippen molar-refractivity contribution in [3.8, 4) is 0 Å². The third-order valence-electron chi connectivity index (χ3n) is 4.75. The van der Waals surface area contributed by atoms with E-state index in [-0.39, 0.29) is 17.9 Å². The van der Waals surface area contributed by atoms with Crippen molar-refractivity contribution in [2.24, 2.45) is 0 Å². The maximum absolute atomic E-state index is 12.0. The van der Waals surface area contributed by atoms with E-state index in [1.807, 2.05) is 30.5 Å². The van der Waals surface area contributed by atoms with Gasteiger partial charge in [0.2, 0.25) is 5.91 Å². The zero-order valence-corrected chi connectivity index (χ0v) is 14.8. The number of hydrogen-bond donors (Lipinski definition) is 1. The SMILES string of the molecule is COC(=O)c1cn(CCCN2CCC(NC(C)=O)C2)c2ccccc12. The van der Waals surface area contributed by atoms with Crippen molar-refractivity contribution in [1.29, 1.82) is 0 Å². The molecule has 1 aromatic carbocycles. The lowest BCUT2D eigenvalue weighted by molar-refractivity contribution is -0.119. The van der Waals surface area contributed by atoms with E-state index >= 15 is 0 Å². The zero-order valence-electron chi connectivity index (χ0n) is 14.8. The van der Waals surface area contributed by atoms with E-state index in [0.29, 0.717) is 5.56 Å². The molecule has 0 spiro atoms. The Bertz CT molecular complexity index is 768. The molecular weight excluding hydrogens is 318 g/mol. The molecule has 3 rings (SSSR count). The van der Waals surface area contributed by atoms with Gasteiger partial charge in [0.1, 0.15) is 0 Å². The van der Waals surface area contributed by atoms with E-state index in [4.69, 9.17) is 4.74 Å². The Morgan fingerprint density at radius 2 is 2.08 bits per heavy atom. The number of ether oxygens (including phenoxy) is 1. The Morgan fingerprint density at radius 3 is 2.84 bits per heavy atom. The van der Waals surface area contributed by atoms with Crippen molar-refractivity contribution in [2.75, 3.05) is 26.7 Å². The summed E-state index contributed by atoms with van der Waals surface area (Å²) in [7, 11) is 1.41. The standard InChI is InChI=1S/C19H25N3O3/c1-14(23)20-15-8-11-21(12-15)9-5-10-22-13-17(19(24)25-2)16-6-3-4-7-18(16)22/h3-4,6-7,13,15H,5,8-12H2,1-2H3,(H,20,23). The summed E-state index contributed by atoms with van der Waals surface area (Å²) >= 11 is 0. The molecule has 1 saturated heterocycles. The number of hydrogen-bond acceptors (Lipinski definition) is 4. The highest BCUT2D eigenvalue weighted by atomic mass is 16.5. The highest BCUT2D eigenvalue weighted by molar-refractivity contribution is 6.04. The third kappa shape index (κ3) is 4.02. The molecule has 6 heteroatoms. The zero-order chi connectivity index (χ0) is 17.8. The Kier molecular flexibility index (Phi) is 5.38. The van der Waals surface area contributed by atoms with Crippen LogP contribution in [0, 0.1) is 0 Å². The second-order valence-electron chi connectivity index (χ2n) is 6.59. The van der Waals surface area contributed by atoms with E-state index < -0.39 is 0 Å². The van der Waals surface area contributed by atoms with Crippen LogP contribution < -0.4 is 5.32 Å². The van der Waals surface area contributed by atoms with Gasteiger partial charge in [0.15, 0.2) is 0 Å². The highest BCUT2D eigenvalue weighted by Crippen LogP contribution is 2.22. The molecule has 2 aromatic rings. The summed E-state index contributed by atoms with van der Waals surface area (Å²) < 4.78 is 7.02. The Hall–Kier alpha value is -2.34. The summed E-state index contributed by atoms with van der Waals surface area (Å²) in [6.07, 6.45) is 3.89. The molecule has 0 aliphatic carbocycles. The molecule has 1 fully saturated rings. The number of nitrogens with zero attached hydrogens (tertiary/aromatic N) is 2. The van der Waals surface area contributed by atoms with Crippen LogP contribution in [-0.2, 0) is 16.1 Å². The molecule has 0 radical (unpaired) electrons. The number of likely N-dealkylation sites (tertiary alicyclic amines) is 1. The monoisotopic (exact) mass is 343 g/mol. The quantitative estimate of drug-likeness (QED) is 0.815. The predicted octanol–water partition coefficient (Wildman–Crippen LogP) is 2.03. The molecule has 2 heterocycles. The number of esters is 1. The molecule has 0 saturated carbocycles. The van der Waals surface area contributed by atoms with E-state index in [0.717, 1.165) is 49.9 Å². The number of para-hydroxylation sites is 1. The lowest BCUT2D eigenvalue weighted by Crippen LogP contribution is -2.35. The highest BCUT2D eigenvalue weighted by Gasteiger charge is 2.22. The van der Waals surface area contributed by atoms with Crippen LogP contribution >= 0.6 is 0 Å². The first-order valence-corrected chi connectivity index (χ1v) is 8.74. The first kappa shape index (κ1) is 17.5. The van der Waals surface area contributed by atoms with Crippen LogP contribution in [0.4, 0.5) is 0 Å². The number of aryl methyl sites for hydroxylation is 1. The molecule has 1 aromatic heterocycles. The summed E-state index contributed by atoms with van der Waals surface area (Å²) in [5.41, 5.74) is 1.67. The van der Waals surface area contributed by atoms with Crippen molar-refractivity contribution in [2.45, 2.75) is 32.4 Å². The van der Waals surface area contributed by atoms with Gasteiger partial charge in [0.25, 0.3) is 0 Å². The van der Waals surface area contributed by atoms with E-state index in [2.05, 4.69) is 14.8 Å². The third-order valence-corrected chi connectivity index (χ3v) is 4.75. The molecule has 6 nitrogen and oxygen atoms in total. The molecular formula is C19H25N3O3. The average Bonchev–Trinajstić information content (AvgIpc) is 3.19. The number of benzene rings is 1. The average molecular weight is 343 g/mol. The van der Waals surface area contributed by atoms with Crippen LogP contribution in [0.5, 0.6) is 0 Å². The number of carbonyl (C=O) groups is 2. The summed E-state index contributed by atoms with van der Waals surface area (Å²) in [4.78, 5) is 25.5. The van der Waals surface area contributed by atoms with Crippen molar-refractivity contribution in [3.05, 3.63) is 36.0 Å². The van der Waals surface area contributed by atoms with Gasteiger partial charge in [-0.3, -0.25) is 4.79 Å². The summed E-state index contributed by atoms with van der Waals surface area (Å²) in [5.74, 6) is -0.256. The fraction of sp³-hybridized carbons (Fsp3) is 0.474. The van der Waals surface area contributed by atoms with Gasteiger partial charge in [-0.15, -0.1) is 0 Å². The number of methoxy groups -OCH3 is 1. The number of aromatic nitrogens is 1. The molecule has 1 N–H and O–H groups in total. The fourth-order valence-corrected chi connectivity index (χ4v) is 3.61. The number of carbonyl (C=O) groups excluding carboxylic acids is 2. The largest absolute Gasteiger partial charge is 0.465 e. The molecule has 1 atom stereocenters. The lowest BCUT2D eigenvalue weighted by Gasteiger charge is -2.16. The molecule has 25 heavy (non-hydrogen) atoms. The van der Waals surface area contributed by atoms with Gasteiger partial charge in [-0.1, -0.05) is 18.2 Å². The maximum Gasteiger partial charge on any atom is 0.340 e. The van der Waals surface area contributed by atoms with Crippen LogP contribution in [0.25, 0.3) is 10.9 Å². The first-order valence-electron chi connectivity index (χ1n) is 8.74. The van der Waals surface area contributed by atoms with Crippen LogP contribution in [0.1, 0.15) is 30.1 Å². The van der Waals surface area contributed by atoms with Gasteiger partial charge in [-0.2, -0.15) is 0 Å². The summed E-state index contributed by atoms with van der Waals surface area (Å²) in [5, 5.41) is 3.92. The van der Waals surface area contributed by atoms with Gasteiger partial charge in [0.05, 0.1) is 12.7 Å². The molecule has 0 bridgehead atoms. The van der Waals surface area contributed by atoms with Gasteiger partial charge in [-0.05, 0) is 25.5 Å². The van der Waals surface area contributed by atoms with Crippen molar-refractivity contribution in [1.82, 2.24) is 14.8 Å². The topological polar surface area (TPSA) is 63.6 Å². The summed E-state index contributed by atoms with van der Waals surface area (Å²) in [6, 6.07) is 8.18. The normalized spacial score (nSPS) is 17.8. The minimum absolute atomic E-state index is 0.0426. The van der Waals surface area contributed by atoms with Gasteiger partial charge in [-0.25, -0.2) is 4.79 Å². The van der Waals surface area contributed by atoms with Crippen LogP contribution in [0.15, 0.2) is 30.5 Å². The Morgan fingerprint density at radius 1 is 1.28 bits per heavy atom. The Labute approximate surface area is 147 Å². The molecule has 1 unspecified atom stereocenters. The molecule has 1 aliphatic rings. The number of fused-ring (bicyclic) bond motifs is 1. The van der Waals surface area contributed by atoms with E-state index in [1.54, 1.807) is 6.92 Å². The number of nitrogens with one attached hydrogen (secondary N) is 1.